The van der Waals surface area contributed by atoms with E-state index in [2.05, 4.69) is 10.3 Å². The van der Waals surface area contributed by atoms with Crippen molar-refractivity contribution in [3.63, 3.8) is 0 Å². The van der Waals surface area contributed by atoms with Crippen molar-refractivity contribution < 1.29 is 13.5 Å². The van der Waals surface area contributed by atoms with Gasteiger partial charge in [0, 0.05) is 19.6 Å². The molecule has 1 rings (SSSR count). The Morgan fingerprint density at radius 2 is 2.00 bits per heavy atom. The molecule has 1 unspecified atom stereocenters. The second kappa shape index (κ2) is 8.14. The molecule has 1 heterocycles. The Morgan fingerprint density at radius 1 is 1.41 bits per heavy atom. The summed E-state index contributed by atoms with van der Waals surface area (Å²) in [6.07, 6.45) is 0.621. The van der Waals surface area contributed by atoms with Crippen LogP contribution < -0.4 is 5.32 Å². The molecular formula is C14H30IN3O3S. The van der Waals surface area contributed by atoms with Crippen molar-refractivity contribution in [3.05, 3.63) is 0 Å². The van der Waals surface area contributed by atoms with Crippen LogP contribution in [0.25, 0.3) is 0 Å². The van der Waals surface area contributed by atoms with Crippen LogP contribution in [0.2, 0.25) is 0 Å². The van der Waals surface area contributed by atoms with Crippen LogP contribution in [-0.2, 0) is 9.84 Å². The molecule has 0 bridgehead atoms. The van der Waals surface area contributed by atoms with E-state index < -0.39 is 20.2 Å². The van der Waals surface area contributed by atoms with Crippen LogP contribution in [0.3, 0.4) is 0 Å². The van der Waals surface area contributed by atoms with Gasteiger partial charge in [0.1, 0.15) is 0 Å². The molecule has 1 fully saturated rings. The minimum atomic E-state index is -3.06. The van der Waals surface area contributed by atoms with Gasteiger partial charge in [-0.15, -0.1) is 24.0 Å². The number of hydrogen-bond donors (Lipinski definition) is 2. The molecule has 0 saturated carbocycles. The maximum Gasteiger partial charge on any atom is 0.194 e. The van der Waals surface area contributed by atoms with E-state index in [0.717, 1.165) is 0 Å². The highest BCUT2D eigenvalue weighted by Gasteiger charge is 2.41. The Morgan fingerprint density at radius 3 is 2.45 bits per heavy atom. The number of guanidine groups is 1. The number of sulfone groups is 1. The third-order valence-electron chi connectivity index (χ3n) is 4.01. The fourth-order valence-corrected chi connectivity index (χ4v) is 3.47. The van der Waals surface area contributed by atoms with E-state index in [9.17, 15) is 13.5 Å². The van der Waals surface area contributed by atoms with Gasteiger partial charge in [0.2, 0.25) is 0 Å². The number of aliphatic imine (C=N–C) groups is 1. The van der Waals surface area contributed by atoms with E-state index in [1.165, 1.54) is 0 Å². The van der Waals surface area contributed by atoms with Gasteiger partial charge in [-0.25, -0.2) is 8.42 Å². The number of halogens is 1. The predicted octanol–water partition coefficient (Wildman–Crippen LogP) is 1.24. The topological polar surface area (TPSA) is 82.0 Å². The Hall–Kier alpha value is -0.0900. The number of rotatable bonds is 4. The van der Waals surface area contributed by atoms with Crippen LogP contribution >= 0.6 is 24.0 Å². The first-order valence-electron chi connectivity index (χ1n) is 7.52. The summed E-state index contributed by atoms with van der Waals surface area (Å²) >= 11 is 0. The van der Waals surface area contributed by atoms with Crippen LogP contribution in [0.1, 0.15) is 41.0 Å². The van der Waals surface area contributed by atoms with Gasteiger partial charge in [0.15, 0.2) is 15.8 Å². The van der Waals surface area contributed by atoms with Gasteiger partial charge in [-0.2, -0.15) is 0 Å². The summed E-state index contributed by atoms with van der Waals surface area (Å²) < 4.78 is 23.3. The van der Waals surface area contributed by atoms with E-state index in [4.69, 9.17) is 0 Å². The van der Waals surface area contributed by atoms with Gasteiger partial charge in [-0.1, -0.05) is 6.92 Å². The summed E-state index contributed by atoms with van der Waals surface area (Å²) in [5.41, 5.74) is -0.835. The third-order valence-corrected chi connectivity index (χ3v) is 6.54. The monoisotopic (exact) mass is 447 g/mol. The van der Waals surface area contributed by atoms with Crippen molar-refractivity contribution in [2.75, 3.05) is 31.9 Å². The van der Waals surface area contributed by atoms with Crippen molar-refractivity contribution in [2.24, 2.45) is 4.99 Å². The molecule has 0 aliphatic carbocycles. The summed E-state index contributed by atoms with van der Waals surface area (Å²) in [6.45, 7) is 11.0. The number of nitrogens with zero attached hydrogens (tertiary/aromatic N) is 2. The molecule has 1 atom stereocenters. The molecule has 0 aromatic rings. The first-order valence-corrected chi connectivity index (χ1v) is 9.18. The second-order valence-electron chi connectivity index (χ2n) is 6.52. The van der Waals surface area contributed by atoms with E-state index in [-0.39, 0.29) is 29.7 Å². The van der Waals surface area contributed by atoms with Gasteiger partial charge in [0.25, 0.3) is 0 Å². The fraction of sp³-hybridized carbons (Fsp3) is 0.929. The van der Waals surface area contributed by atoms with E-state index in [1.807, 2.05) is 18.7 Å². The molecule has 0 radical (unpaired) electrons. The Kier molecular flexibility index (Phi) is 8.11. The third kappa shape index (κ3) is 5.52. The minimum Gasteiger partial charge on any atom is -0.388 e. The summed E-state index contributed by atoms with van der Waals surface area (Å²) in [4.78, 5) is 6.45. The van der Waals surface area contributed by atoms with Crippen molar-refractivity contribution in [1.82, 2.24) is 10.2 Å². The lowest BCUT2D eigenvalue weighted by atomic mass is 10.1. The first kappa shape index (κ1) is 21.9. The van der Waals surface area contributed by atoms with Gasteiger partial charge < -0.3 is 15.3 Å². The molecule has 1 saturated heterocycles. The number of aliphatic hydroxyl groups is 1. The summed E-state index contributed by atoms with van der Waals surface area (Å²) in [6, 6.07) is 0. The number of hydrogen-bond acceptors (Lipinski definition) is 4. The smallest absolute Gasteiger partial charge is 0.194 e. The average molecular weight is 447 g/mol. The molecule has 8 heteroatoms. The highest BCUT2D eigenvalue weighted by atomic mass is 127. The highest BCUT2D eigenvalue weighted by Crippen LogP contribution is 2.23. The van der Waals surface area contributed by atoms with Crippen molar-refractivity contribution in [2.45, 2.75) is 51.4 Å². The maximum absolute atomic E-state index is 12.1. The van der Waals surface area contributed by atoms with Crippen molar-refractivity contribution in [3.8, 4) is 0 Å². The largest absolute Gasteiger partial charge is 0.388 e. The molecular weight excluding hydrogens is 417 g/mol. The van der Waals surface area contributed by atoms with Gasteiger partial charge in [0.05, 0.1) is 22.6 Å². The summed E-state index contributed by atoms with van der Waals surface area (Å²) in [7, 11) is -3.06. The molecule has 0 aromatic heterocycles. The maximum atomic E-state index is 12.1. The normalized spacial score (nSPS) is 23.4. The highest BCUT2D eigenvalue weighted by molar-refractivity contribution is 14.0. The van der Waals surface area contributed by atoms with Crippen molar-refractivity contribution >= 4 is 39.8 Å². The predicted molar refractivity (Wildman–Crippen MR) is 102 cm³/mol. The Labute approximate surface area is 151 Å². The molecule has 132 valence electrons. The molecule has 22 heavy (non-hydrogen) atoms. The lowest BCUT2D eigenvalue weighted by molar-refractivity contribution is 0.0653. The van der Waals surface area contributed by atoms with Crippen LogP contribution in [0.4, 0.5) is 0 Å². The van der Waals surface area contributed by atoms with Crippen LogP contribution in [-0.4, -0.2) is 66.7 Å². The Balaban J connectivity index is 0.00000441. The SMILES string of the molecule is CCNC(=NCC(C)(O)CC)N1CCS(=O)(=O)C(C)(C)C1.I. The second-order valence-corrected chi connectivity index (χ2v) is 9.26. The van der Waals surface area contributed by atoms with E-state index in [0.29, 0.717) is 38.6 Å². The zero-order valence-electron chi connectivity index (χ0n) is 14.2. The van der Waals surface area contributed by atoms with E-state index >= 15 is 0 Å². The first-order chi connectivity index (χ1) is 9.54. The molecule has 0 aromatic carbocycles. The fourth-order valence-electron chi connectivity index (χ4n) is 2.11. The molecule has 0 spiro atoms. The summed E-state index contributed by atoms with van der Waals surface area (Å²) in [5.74, 6) is 0.809. The van der Waals surface area contributed by atoms with Gasteiger partial charge in [-0.05, 0) is 34.1 Å². The van der Waals surface area contributed by atoms with Gasteiger partial charge in [-0.3, -0.25) is 4.99 Å². The molecule has 2 N–H and O–H groups in total. The van der Waals surface area contributed by atoms with Crippen molar-refractivity contribution in [1.29, 1.82) is 0 Å². The Bertz CT molecular complexity index is 490. The lowest BCUT2D eigenvalue weighted by Gasteiger charge is -2.39. The van der Waals surface area contributed by atoms with Crippen LogP contribution in [0.5, 0.6) is 0 Å². The zero-order chi connectivity index (χ0) is 16.3. The quantitative estimate of drug-likeness (QED) is 0.385. The lowest BCUT2D eigenvalue weighted by Crippen LogP contribution is -2.57. The van der Waals surface area contributed by atoms with Gasteiger partial charge >= 0.3 is 0 Å². The molecule has 0 amide bonds. The molecule has 6 nitrogen and oxygen atoms in total. The number of nitrogens with one attached hydrogen (secondary N) is 1. The standard InChI is InChI=1S/C14H29N3O3S.HI/c1-6-14(5,18)10-16-12(15-7-2)17-8-9-21(19,20)13(3,4)11-17;/h18H,6-11H2,1-5H3,(H,15,16);1H. The van der Waals surface area contributed by atoms with E-state index in [1.54, 1.807) is 20.8 Å². The van der Waals surface area contributed by atoms with Crippen LogP contribution in [0, 0.1) is 0 Å². The van der Waals surface area contributed by atoms with Crippen LogP contribution in [0.15, 0.2) is 4.99 Å². The minimum absolute atomic E-state index is 0. The average Bonchev–Trinajstić information content (AvgIpc) is 2.38. The molecule has 1 aliphatic rings. The summed E-state index contributed by atoms with van der Waals surface area (Å²) in [5, 5.41) is 13.3. The molecule has 1 aliphatic heterocycles. The zero-order valence-corrected chi connectivity index (χ0v) is 17.4.